The zero-order valence-corrected chi connectivity index (χ0v) is 14.2. The number of halogens is 4. The van der Waals surface area contributed by atoms with Crippen molar-refractivity contribution in [2.45, 2.75) is 0 Å². The number of ether oxygens (including phenoxy) is 1. The maximum absolute atomic E-state index is 13.6. The summed E-state index contributed by atoms with van der Waals surface area (Å²) in [6, 6.07) is 5.76. The van der Waals surface area contributed by atoms with E-state index >= 15 is 0 Å². The minimum atomic E-state index is -0.969. The first-order chi connectivity index (χ1) is 11.3. The van der Waals surface area contributed by atoms with Gasteiger partial charge < -0.3 is 15.8 Å². The highest BCUT2D eigenvalue weighted by Crippen LogP contribution is 2.26. The van der Waals surface area contributed by atoms with Crippen LogP contribution in [0.4, 0.5) is 20.2 Å². The lowest BCUT2D eigenvalue weighted by atomic mass is 10.2. The van der Waals surface area contributed by atoms with E-state index in [9.17, 15) is 18.4 Å². The molecule has 0 radical (unpaired) electrons. The van der Waals surface area contributed by atoms with Crippen LogP contribution in [0.5, 0.6) is 0 Å². The van der Waals surface area contributed by atoms with E-state index in [2.05, 4.69) is 21.2 Å². The molecule has 0 aliphatic carbocycles. The first kappa shape index (κ1) is 18.2. The normalized spacial score (nSPS) is 10.3. The molecule has 2 aromatic rings. The highest BCUT2D eigenvalue weighted by Gasteiger charge is 2.16. The molecule has 0 heterocycles. The van der Waals surface area contributed by atoms with Crippen LogP contribution in [0.1, 0.15) is 10.4 Å². The van der Waals surface area contributed by atoms with Gasteiger partial charge in [-0.15, -0.1) is 0 Å². The fourth-order valence-corrected chi connectivity index (χ4v) is 2.45. The summed E-state index contributed by atoms with van der Waals surface area (Å²) < 4.78 is 31.4. The Balaban J connectivity index is 2.00. The molecule has 5 nitrogen and oxygen atoms in total. The smallest absolute Gasteiger partial charge is 0.340 e. The van der Waals surface area contributed by atoms with Crippen molar-refractivity contribution in [2.24, 2.45) is 0 Å². The van der Waals surface area contributed by atoms with E-state index in [0.717, 1.165) is 6.07 Å². The first-order valence-electron chi connectivity index (χ1n) is 6.44. The second-order valence-corrected chi connectivity index (χ2v) is 5.89. The van der Waals surface area contributed by atoms with Gasteiger partial charge in [-0.3, -0.25) is 4.79 Å². The van der Waals surface area contributed by atoms with Crippen LogP contribution in [0.3, 0.4) is 0 Å². The van der Waals surface area contributed by atoms with Crippen molar-refractivity contribution < 1.29 is 23.1 Å². The first-order valence-corrected chi connectivity index (χ1v) is 7.61. The number of nitrogen functional groups attached to an aromatic ring is 1. The second kappa shape index (κ2) is 7.59. The molecule has 0 spiro atoms. The van der Waals surface area contributed by atoms with Crippen LogP contribution >= 0.6 is 27.5 Å². The van der Waals surface area contributed by atoms with E-state index < -0.39 is 30.1 Å². The Bertz CT molecular complexity index is 794. The summed E-state index contributed by atoms with van der Waals surface area (Å²) in [7, 11) is 0. The van der Waals surface area contributed by atoms with Crippen LogP contribution in [-0.4, -0.2) is 18.5 Å². The third kappa shape index (κ3) is 4.42. The van der Waals surface area contributed by atoms with E-state index in [1.54, 1.807) is 0 Å². The third-order valence-corrected chi connectivity index (χ3v) is 3.70. The lowest BCUT2D eigenvalue weighted by Gasteiger charge is -2.10. The Morgan fingerprint density at radius 3 is 2.58 bits per heavy atom. The van der Waals surface area contributed by atoms with Gasteiger partial charge in [0, 0.05) is 21.2 Å². The zero-order chi connectivity index (χ0) is 17.9. The second-order valence-electron chi connectivity index (χ2n) is 4.60. The quantitative estimate of drug-likeness (QED) is 0.584. The molecular weight excluding hydrogens is 410 g/mol. The Morgan fingerprint density at radius 2 is 1.96 bits per heavy atom. The van der Waals surface area contributed by atoms with Crippen molar-refractivity contribution in [2.75, 3.05) is 17.7 Å². The van der Waals surface area contributed by atoms with Crippen molar-refractivity contribution in [1.29, 1.82) is 0 Å². The topological polar surface area (TPSA) is 81.4 Å². The van der Waals surface area contributed by atoms with Gasteiger partial charge in [0.1, 0.15) is 5.82 Å². The molecule has 0 aliphatic heterocycles. The number of carbonyl (C=O) groups excluding carboxylic acids is 2. The van der Waals surface area contributed by atoms with Crippen LogP contribution in [-0.2, 0) is 9.53 Å². The standard InChI is InChI=1S/C15H10BrClF2N2O3/c16-10-4-8(18)5-11(19)14(10)21-13(22)6-24-15(23)9-2-1-7(17)3-12(9)20/h1-5H,6,20H2,(H,21,22). The molecule has 0 saturated carbocycles. The van der Waals surface area contributed by atoms with Crippen molar-refractivity contribution in [3.63, 3.8) is 0 Å². The highest BCUT2D eigenvalue weighted by molar-refractivity contribution is 9.10. The molecule has 0 aliphatic rings. The molecule has 126 valence electrons. The minimum Gasteiger partial charge on any atom is -0.452 e. The molecule has 1 amide bonds. The SMILES string of the molecule is Nc1cc(Cl)ccc1C(=O)OCC(=O)Nc1c(F)cc(F)cc1Br. The van der Waals surface area contributed by atoms with Gasteiger partial charge in [0.25, 0.3) is 5.91 Å². The summed E-state index contributed by atoms with van der Waals surface area (Å²) in [5.41, 5.74) is 5.51. The summed E-state index contributed by atoms with van der Waals surface area (Å²) in [4.78, 5) is 23.6. The minimum absolute atomic E-state index is 0.0154. The Kier molecular flexibility index (Phi) is 5.74. The van der Waals surface area contributed by atoms with E-state index in [1.165, 1.54) is 18.2 Å². The number of hydrogen-bond acceptors (Lipinski definition) is 4. The molecule has 0 fully saturated rings. The lowest BCUT2D eigenvalue weighted by molar-refractivity contribution is -0.119. The van der Waals surface area contributed by atoms with Crippen molar-refractivity contribution >= 4 is 50.8 Å². The van der Waals surface area contributed by atoms with Crippen LogP contribution in [0.2, 0.25) is 5.02 Å². The maximum Gasteiger partial charge on any atom is 0.340 e. The highest BCUT2D eigenvalue weighted by atomic mass is 79.9. The largest absolute Gasteiger partial charge is 0.452 e. The molecule has 0 atom stereocenters. The predicted octanol–water partition coefficient (Wildman–Crippen LogP) is 3.76. The molecule has 2 rings (SSSR count). The van der Waals surface area contributed by atoms with Crippen LogP contribution < -0.4 is 11.1 Å². The Morgan fingerprint density at radius 1 is 1.25 bits per heavy atom. The van der Waals surface area contributed by atoms with Gasteiger partial charge in [-0.1, -0.05) is 11.6 Å². The lowest BCUT2D eigenvalue weighted by Crippen LogP contribution is -2.22. The number of esters is 1. The summed E-state index contributed by atoms with van der Waals surface area (Å²) in [6.07, 6.45) is 0. The van der Waals surface area contributed by atoms with Gasteiger partial charge in [-0.2, -0.15) is 0 Å². The number of hydrogen-bond donors (Lipinski definition) is 2. The zero-order valence-electron chi connectivity index (χ0n) is 11.9. The molecular formula is C15H10BrClF2N2O3. The van der Waals surface area contributed by atoms with E-state index in [-0.39, 0.29) is 21.4 Å². The number of carbonyl (C=O) groups is 2. The summed E-state index contributed by atoms with van der Waals surface area (Å²) in [5, 5.41) is 2.52. The molecule has 0 bridgehead atoms. The fourth-order valence-electron chi connectivity index (χ4n) is 1.77. The average molecular weight is 420 g/mol. The Hall–Kier alpha value is -2.19. The van der Waals surface area contributed by atoms with E-state index in [4.69, 9.17) is 22.1 Å². The molecule has 0 aromatic heterocycles. The summed E-state index contributed by atoms with van der Waals surface area (Å²) in [6.45, 7) is -0.676. The molecule has 24 heavy (non-hydrogen) atoms. The van der Waals surface area contributed by atoms with E-state index in [1.807, 2.05) is 0 Å². The summed E-state index contributed by atoms with van der Waals surface area (Å²) >= 11 is 8.65. The molecule has 2 aromatic carbocycles. The van der Waals surface area contributed by atoms with Crippen molar-refractivity contribution in [3.05, 3.63) is 57.0 Å². The van der Waals surface area contributed by atoms with Crippen molar-refractivity contribution in [1.82, 2.24) is 0 Å². The van der Waals surface area contributed by atoms with E-state index in [0.29, 0.717) is 11.1 Å². The van der Waals surface area contributed by atoms with Gasteiger partial charge in [0.15, 0.2) is 12.4 Å². The Labute approximate surface area is 148 Å². The van der Waals surface area contributed by atoms with Gasteiger partial charge >= 0.3 is 5.97 Å². The van der Waals surface area contributed by atoms with Crippen LogP contribution in [0.15, 0.2) is 34.8 Å². The maximum atomic E-state index is 13.6. The predicted molar refractivity (Wildman–Crippen MR) is 88.8 cm³/mol. The average Bonchev–Trinajstić information content (AvgIpc) is 2.48. The fraction of sp³-hybridized carbons (Fsp3) is 0.0667. The number of benzene rings is 2. The molecule has 0 saturated heterocycles. The van der Waals surface area contributed by atoms with Crippen molar-refractivity contribution in [3.8, 4) is 0 Å². The molecule has 9 heteroatoms. The third-order valence-electron chi connectivity index (χ3n) is 2.84. The van der Waals surface area contributed by atoms with Crippen LogP contribution in [0.25, 0.3) is 0 Å². The number of rotatable bonds is 4. The number of nitrogens with one attached hydrogen (secondary N) is 1. The van der Waals surface area contributed by atoms with Gasteiger partial charge in [-0.05, 0) is 40.2 Å². The van der Waals surface area contributed by atoms with Gasteiger partial charge in [0.05, 0.1) is 11.3 Å². The number of amides is 1. The monoisotopic (exact) mass is 418 g/mol. The van der Waals surface area contributed by atoms with Gasteiger partial charge in [-0.25, -0.2) is 13.6 Å². The molecule has 3 N–H and O–H groups in total. The number of nitrogens with two attached hydrogens (primary N) is 1. The summed E-state index contributed by atoms with van der Waals surface area (Å²) in [5.74, 6) is -3.41. The number of anilines is 2. The molecule has 0 unspecified atom stereocenters. The van der Waals surface area contributed by atoms with Crippen LogP contribution in [0, 0.1) is 11.6 Å². The van der Waals surface area contributed by atoms with Gasteiger partial charge in [0.2, 0.25) is 0 Å².